The molecule has 6 nitrogen and oxygen atoms in total. The predicted molar refractivity (Wildman–Crippen MR) is 93.6 cm³/mol. The lowest BCUT2D eigenvalue weighted by atomic mass is 10.0. The topological polar surface area (TPSA) is 70.1 Å². The number of nitrogens with zero attached hydrogens (tertiary/aromatic N) is 2. The van der Waals surface area contributed by atoms with Crippen LogP contribution in [0.25, 0.3) is 0 Å². The zero-order valence-corrected chi connectivity index (χ0v) is 15.1. The molecular weight excluding hydrogens is 320 g/mol. The second-order valence-corrected chi connectivity index (χ2v) is 7.05. The molecule has 0 aromatic heterocycles. The summed E-state index contributed by atoms with van der Waals surface area (Å²) in [7, 11) is 0. The van der Waals surface area contributed by atoms with Gasteiger partial charge in [-0.05, 0) is 56.7 Å². The van der Waals surface area contributed by atoms with Gasteiger partial charge in [0.15, 0.2) is 0 Å². The molecule has 2 unspecified atom stereocenters. The van der Waals surface area contributed by atoms with Gasteiger partial charge in [0, 0.05) is 6.54 Å². The number of amides is 3. The number of benzene rings is 1. The second-order valence-electron chi connectivity index (χ2n) is 7.05. The van der Waals surface area contributed by atoms with E-state index in [1.807, 2.05) is 32.9 Å². The van der Waals surface area contributed by atoms with Gasteiger partial charge >= 0.3 is 6.03 Å². The molecule has 6 heteroatoms. The van der Waals surface area contributed by atoms with Crippen LogP contribution in [0.15, 0.2) is 12.1 Å². The lowest BCUT2D eigenvalue weighted by Crippen LogP contribution is -2.40. The number of hydrogen-bond acceptors (Lipinski definition) is 4. The molecule has 25 heavy (non-hydrogen) atoms. The molecule has 0 spiro atoms. The average Bonchev–Trinajstić information content (AvgIpc) is 2.84. The van der Waals surface area contributed by atoms with Crippen LogP contribution in [-0.2, 0) is 4.79 Å². The van der Waals surface area contributed by atoms with Crippen molar-refractivity contribution in [2.24, 2.45) is 0 Å². The minimum atomic E-state index is -0.909. The highest BCUT2D eigenvalue weighted by Crippen LogP contribution is 2.28. The summed E-state index contributed by atoms with van der Waals surface area (Å²) in [5.74, 6) is 0.571. The van der Waals surface area contributed by atoms with Crippen LogP contribution >= 0.6 is 0 Å². The Morgan fingerprint density at radius 1 is 1.20 bits per heavy atom. The lowest BCUT2D eigenvalue weighted by Gasteiger charge is -2.26. The Bertz CT molecular complexity index is 664. The van der Waals surface area contributed by atoms with E-state index in [1.54, 1.807) is 4.90 Å². The molecule has 1 aromatic rings. The summed E-state index contributed by atoms with van der Waals surface area (Å²) in [6, 6.07) is 3.40. The molecular formula is C19H26N2O4. The Morgan fingerprint density at radius 2 is 1.92 bits per heavy atom. The first-order valence-corrected chi connectivity index (χ1v) is 8.89. The molecule has 2 saturated heterocycles. The van der Waals surface area contributed by atoms with Crippen LogP contribution in [0, 0.1) is 20.8 Å². The van der Waals surface area contributed by atoms with Gasteiger partial charge in [-0.1, -0.05) is 12.1 Å². The smallest absolute Gasteiger partial charge is 0.327 e. The van der Waals surface area contributed by atoms with Gasteiger partial charge in [-0.15, -0.1) is 0 Å². The van der Waals surface area contributed by atoms with Gasteiger partial charge in [0.2, 0.25) is 0 Å². The van der Waals surface area contributed by atoms with E-state index >= 15 is 0 Å². The summed E-state index contributed by atoms with van der Waals surface area (Å²) in [6.07, 6.45) is 1.70. The molecule has 3 amide bonds. The van der Waals surface area contributed by atoms with Crippen LogP contribution in [0.1, 0.15) is 36.0 Å². The SMILES string of the molecule is Cc1ccc(C)c(OCC(O)CN2C(=O)C3CCCCN3C2=O)c1C. The van der Waals surface area contributed by atoms with Gasteiger partial charge in [-0.25, -0.2) is 4.79 Å². The van der Waals surface area contributed by atoms with Crippen LogP contribution in [0.2, 0.25) is 0 Å². The highest BCUT2D eigenvalue weighted by molar-refractivity contribution is 6.04. The number of fused-ring (bicyclic) bond motifs is 1. The molecule has 1 N–H and O–H groups in total. The van der Waals surface area contributed by atoms with Crippen molar-refractivity contribution in [3.63, 3.8) is 0 Å². The minimum absolute atomic E-state index is 0.0193. The van der Waals surface area contributed by atoms with Gasteiger partial charge in [0.25, 0.3) is 5.91 Å². The van der Waals surface area contributed by atoms with Crippen molar-refractivity contribution in [1.29, 1.82) is 0 Å². The van der Waals surface area contributed by atoms with Gasteiger partial charge in [-0.2, -0.15) is 0 Å². The Labute approximate surface area is 148 Å². The van der Waals surface area contributed by atoms with E-state index in [4.69, 9.17) is 4.74 Å². The number of carbonyl (C=O) groups is 2. The van der Waals surface area contributed by atoms with Gasteiger partial charge < -0.3 is 14.7 Å². The first-order valence-electron chi connectivity index (χ1n) is 8.89. The third-order valence-electron chi connectivity index (χ3n) is 5.22. The summed E-state index contributed by atoms with van der Waals surface area (Å²) >= 11 is 0. The number of urea groups is 1. The zero-order valence-electron chi connectivity index (χ0n) is 15.1. The third-order valence-corrected chi connectivity index (χ3v) is 5.22. The van der Waals surface area contributed by atoms with E-state index in [0.29, 0.717) is 6.54 Å². The normalized spacial score (nSPS) is 21.5. The molecule has 2 aliphatic rings. The molecule has 136 valence electrons. The standard InChI is InChI=1S/C19H26N2O4/c1-12-7-8-13(2)17(14(12)3)25-11-15(22)10-21-18(23)16-6-4-5-9-20(16)19(21)24/h7-8,15-16,22H,4-6,9-11H2,1-3H3. The number of aryl methyl sites for hydroxylation is 2. The monoisotopic (exact) mass is 346 g/mol. The predicted octanol–water partition coefficient (Wildman–Crippen LogP) is 2.17. The Hall–Kier alpha value is -2.08. The molecule has 0 aliphatic carbocycles. The fraction of sp³-hybridized carbons (Fsp3) is 0.579. The maximum atomic E-state index is 12.4. The minimum Gasteiger partial charge on any atom is -0.490 e. The number of imide groups is 1. The number of carbonyl (C=O) groups excluding carboxylic acids is 2. The Morgan fingerprint density at radius 3 is 2.64 bits per heavy atom. The Kier molecular flexibility index (Phi) is 4.99. The van der Waals surface area contributed by atoms with Crippen molar-refractivity contribution in [2.75, 3.05) is 19.7 Å². The average molecular weight is 346 g/mol. The van der Waals surface area contributed by atoms with Crippen LogP contribution in [0.4, 0.5) is 4.79 Å². The molecule has 2 fully saturated rings. The van der Waals surface area contributed by atoms with E-state index in [2.05, 4.69) is 0 Å². The van der Waals surface area contributed by atoms with E-state index in [0.717, 1.165) is 41.7 Å². The molecule has 0 radical (unpaired) electrons. The van der Waals surface area contributed by atoms with E-state index in [1.165, 1.54) is 4.90 Å². The van der Waals surface area contributed by atoms with Crippen molar-refractivity contribution in [3.8, 4) is 5.75 Å². The zero-order chi connectivity index (χ0) is 18.1. The third kappa shape index (κ3) is 3.35. The quantitative estimate of drug-likeness (QED) is 0.830. The first-order chi connectivity index (χ1) is 11.9. The van der Waals surface area contributed by atoms with Crippen molar-refractivity contribution < 1.29 is 19.4 Å². The Balaban J connectivity index is 1.62. The molecule has 0 bridgehead atoms. The summed E-state index contributed by atoms with van der Waals surface area (Å²) in [5, 5.41) is 10.3. The van der Waals surface area contributed by atoms with Crippen LogP contribution in [0.3, 0.4) is 0 Å². The lowest BCUT2D eigenvalue weighted by molar-refractivity contribution is -0.129. The first kappa shape index (κ1) is 17.7. The second kappa shape index (κ2) is 7.04. The maximum Gasteiger partial charge on any atom is 0.327 e. The largest absolute Gasteiger partial charge is 0.490 e. The van der Waals surface area contributed by atoms with Crippen LogP contribution in [-0.4, -0.2) is 58.7 Å². The molecule has 0 saturated carbocycles. The van der Waals surface area contributed by atoms with E-state index in [9.17, 15) is 14.7 Å². The van der Waals surface area contributed by atoms with E-state index < -0.39 is 6.10 Å². The summed E-state index contributed by atoms with van der Waals surface area (Å²) in [4.78, 5) is 27.6. The number of aliphatic hydroxyl groups is 1. The number of aliphatic hydroxyl groups excluding tert-OH is 1. The number of rotatable bonds is 5. The summed E-state index contributed by atoms with van der Waals surface area (Å²) in [6.45, 7) is 6.60. The fourth-order valence-corrected chi connectivity index (χ4v) is 3.61. The van der Waals surface area contributed by atoms with Crippen molar-refractivity contribution in [1.82, 2.24) is 9.80 Å². The van der Waals surface area contributed by atoms with Crippen LogP contribution in [0.5, 0.6) is 5.75 Å². The van der Waals surface area contributed by atoms with E-state index in [-0.39, 0.29) is 31.1 Å². The highest BCUT2D eigenvalue weighted by Gasteiger charge is 2.46. The van der Waals surface area contributed by atoms with Crippen molar-refractivity contribution in [3.05, 3.63) is 28.8 Å². The van der Waals surface area contributed by atoms with Gasteiger partial charge in [-0.3, -0.25) is 9.69 Å². The van der Waals surface area contributed by atoms with Crippen molar-refractivity contribution in [2.45, 2.75) is 52.2 Å². The number of piperidine rings is 1. The van der Waals surface area contributed by atoms with Crippen LogP contribution < -0.4 is 4.74 Å². The molecule has 3 rings (SSSR count). The fourth-order valence-electron chi connectivity index (χ4n) is 3.61. The van der Waals surface area contributed by atoms with Crippen molar-refractivity contribution >= 4 is 11.9 Å². The maximum absolute atomic E-state index is 12.4. The van der Waals surface area contributed by atoms with Gasteiger partial charge in [0.1, 0.15) is 24.5 Å². The number of ether oxygens (including phenoxy) is 1. The molecule has 2 heterocycles. The highest BCUT2D eigenvalue weighted by atomic mass is 16.5. The molecule has 2 atom stereocenters. The molecule has 2 aliphatic heterocycles. The number of hydrogen-bond donors (Lipinski definition) is 1. The number of β-amino-alcohol motifs (C(OH)–C–C–N with tert-alkyl or cyclic N) is 1. The summed E-state index contributed by atoms with van der Waals surface area (Å²) in [5.41, 5.74) is 3.16. The summed E-state index contributed by atoms with van der Waals surface area (Å²) < 4.78 is 5.80. The molecule has 1 aromatic carbocycles. The van der Waals surface area contributed by atoms with Gasteiger partial charge in [0.05, 0.1) is 6.54 Å².